The number of imide groups is 1. The van der Waals surface area contributed by atoms with Gasteiger partial charge in [0.05, 0.1) is 5.56 Å². The van der Waals surface area contributed by atoms with Crippen LogP contribution in [0.1, 0.15) is 54.4 Å². The maximum Gasteiger partial charge on any atom is 0.338 e. The summed E-state index contributed by atoms with van der Waals surface area (Å²) in [5, 5.41) is 5.27. The van der Waals surface area contributed by atoms with Crippen LogP contribution >= 0.6 is 0 Å². The molecule has 4 bridgehead atoms. The summed E-state index contributed by atoms with van der Waals surface area (Å²) in [6, 6.07) is 3.42. The smallest absolute Gasteiger partial charge is 0.338 e. The van der Waals surface area contributed by atoms with Crippen LogP contribution in [0.2, 0.25) is 0 Å². The average molecular weight is 388 g/mol. The van der Waals surface area contributed by atoms with E-state index in [9.17, 15) is 18.8 Å². The number of urea groups is 1. The zero-order valence-electron chi connectivity index (χ0n) is 15.9. The van der Waals surface area contributed by atoms with Crippen LogP contribution in [0.25, 0.3) is 0 Å². The van der Waals surface area contributed by atoms with E-state index >= 15 is 0 Å². The average Bonchev–Trinajstić information content (AvgIpc) is 2.60. The van der Waals surface area contributed by atoms with Crippen LogP contribution < -0.4 is 10.6 Å². The lowest BCUT2D eigenvalue weighted by molar-refractivity contribution is -0.123. The van der Waals surface area contributed by atoms with Gasteiger partial charge in [0.15, 0.2) is 6.61 Å². The van der Waals surface area contributed by atoms with Gasteiger partial charge >= 0.3 is 12.0 Å². The fraction of sp³-hybridized carbons (Fsp3) is 0.571. The molecule has 5 rings (SSSR count). The molecular formula is C21H25FN2O4. The highest BCUT2D eigenvalue weighted by atomic mass is 19.1. The quantitative estimate of drug-likeness (QED) is 0.777. The first-order valence-electron chi connectivity index (χ1n) is 9.87. The maximum atomic E-state index is 13.5. The summed E-state index contributed by atoms with van der Waals surface area (Å²) in [6.07, 6.45) is 6.73. The SMILES string of the molecule is Cc1ccc(C(=O)OCC(=O)NC(=O)NC23CC4CC(CC(C4)C2)C3)cc1F. The van der Waals surface area contributed by atoms with Crippen LogP contribution in [0.4, 0.5) is 9.18 Å². The van der Waals surface area contributed by atoms with Crippen molar-refractivity contribution in [2.45, 2.75) is 51.0 Å². The van der Waals surface area contributed by atoms with Crippen LogP contribution in [-0.4, -0.2) is 30.1 Å². The molecule has 1 aromatic carbocycles. The monoisotopic (exact) mass is 388 g/mol. The van der Waals surface area contributed by atoms with E-state index in [0.29, 0.717) is 23.3 Å². The Labute approximate surface area is 163 Å². The second-order valence-corrected chi connectivity index (χ2v) is 8.74. The Hall–Kier alpha value is -2.44. The Morgan fingerprint density at radius 3 is 2.29 bits per heavy atom. The van der Waals surface area contributed by atoms with E-state index in [2.05, 4.69) is 10.6 Å². The first-order valence-corrected chi connectivity index (χ1v) is 9.87. The lowest BCUT2D eigenvalue weighted by Crippen LogP contribution is -2.62. The summed E-state index contributed by atoms with van der Waals surface area (Å²) < 4.78 is 18.4. The van der Waals surface area contributed by atoms with Crippen molar-refractivity contribution in [2.24, 2.45) is 17.8 Å². The minimum atomic E-state index is -0.810. The summed E-state index contributed by atoms with van der Waals surface area (Å²) >= 11 is 0. The minimum absolute atomic E-state index is 0.0221. The Morgan fingerprint density at radius 1 is 1.11 bits per heavy atom. The van der Waals surface area contributed by atoms with Gasteiger partial charge in [-0.25, -0.2) is 14.0 Å². The van der Waals surface area contributed by atoms with Crippen molar-refractivity contribution in [3.8, 4) is 0 Å². The van der Waals surface area contributed by atoms with E-state index in [4.69, 9.17) is 4.74 Å². The molecule has 0 heterocycles. The van der Waals surface area contributed by atoms with Gasteiger partial charge in [0.25, 0.3) is 5.91 Å². The third-order valence-electron chi connectivity index (χ3n) is 6.41. The van der Waals surface area contributed by atoms with E-state index in [0.717, 1.165) is 25.3 Å². The molecule has 0 saturated heterocycles. The molecule has 4 fully saturated rings. The van der Waals surface area contributed by atoms with Gasteiger partial charge in [-0.05, 0) is 80.9 Å². The van der Waals surface area contributed by atoms with Crippen molar-refractivity contribution in [3.63, 3.8) is 0 Å². The van der Waals surface area contributed by atoms with Gasteiger partial charge < -0.3 is 10.1 Å². The van der Waals surface area contributed by atoms with Gasteiger partial charge in [-0.1, -0.05) is 6.07 Å². The van der Waals surface area contributed by atoms with Crippen LogP contribution in [-0.2, 0) is 9.53 Å². The van der Waals surface area contributed by atoms with Gasteiger partial charge in [0, 0.05) is 5.54 Å². The van der Waals surface area contributed by atoms with Crippen LogP contribution in [0.3, 0.4) is 0 Å². The summed E-state index contributed by atoms with van der Waals surface area (Å²) in [5.74, 6) is 0.00175. The van der Waals surface area contributed by atoms with Crippen molar-refractivity contribution < 1.29 is 23.5 Å². The summed E-state index contributed by atoms with van der Waals surface area (Å²) in [4.78, 5) is 36.2. The zero-order chi connectivity index (χ0) is 19.9. The Balaban J connectivity index is 1.26. The minimum Gasteiger partial charge on any atom is -0.452 e. The number of aryl methyl sites for hydroxylation is 1. The zero-order valence-corrected chi connectivity index (χ0v) is 15.9. The number of hydrogen-bond donors (Lipinski definition) is 2. The van der Waals surface area contributed by atoms with Crippen molar-refractivity contribution in [1.29, 1.82) is 0 Å². The number of benzene rings is 1. The molecule has 4 saturated carbocycles. The second-order valence-electron chi connectivity index (χ2n) is 8.74. The second kappa shape index (κ2) is 7.18. The predicted octanol–water partition coefficient (Wildman–Crippen LogP) is 3.09. The molecule has 4 aliphatic carbocycles. The summed E-state index contributed by atoms with van der Waals surface area (Å²) in [6.45, 7) is 0.989. The van der Waals surface area contributed by atoms with Crippen molar-refractivity contribution >= 4 is 17.9 Å². The van der Waals surface area contributed by atoms with E-state index in [1.54, 1.807) is 6.92 Å². The fourth-order valence-electron chi connectivity index (χ4n) is 5.63. The van der Waals surface area contributed by atoms with Crippen LogP contribution in [0.5, 0.6) is 0 Å². The molecule has 2 N–H and O–H groups in total. The van der Waals surface area contributed by atoms with Crippen LogP contribution in [0, 0.1) is 30.5 Å². The number of nitrogens with one attached hydrogen (secondary N) is 2. The molecule has 0 radical (unpaired) electrons. The molecule has 0 aliphatic heterocycles. The molecule has 0 unspecified atom stereocenters. The van der Waals surface area contributed by atoms with Crippen molar-refractivity contribution in [3.05, 3.63) is 35.1 Å². The molecule has 4 aliphatic rings. The number of hydrogen-bond acceptors (Lipinski definition) is 4. The third kappa shape index (κ3) is 3.88. The summed E-state index contributed by atoms with van der Waals surface area (Å²) in [5.41, 5.74) is 0.236. The standard InChI is InChI=1S/C21H25FN2O4/c1-12-2-3-16(7-17(12)22)19(26)28-11-18(25)23-20(27)24-21-8-13-4-14(9-21)6-15(5-13)10-21/h2-3,7,13-15H,4-6,8-11H2,1H3,(H2,23,24,25,27). The Kier molecular flexibility index (Phi) is 4.85. The molecule has 1 aromatic rings. The van der Waals surface area contributed by atoms with Gasteiger partial charge in [-0.15, -0.1) is 0 Å². The number of amides is 3. The number of esters is 1. The number of carbonyl (C=O) groups excluding carboxylic acids is 3. The Bertz CT molecular complexity index is 787. The Morgan fingerprint density at radius 2 is 1.71 bits per heavy atom. The molecule has 0 atom stereocenters. The molecule has 150 valence electrons. The van der Waals surface area contributed by atoms with Crippen LogP contribution in [0.15, 0.2) is 18.2 Å². The van der Waals surface area contributed by atoms with E-state index in [-0.39, 0.29) is 11.1 Å². The first kappa shape index (κ1) is 18.9. The van der Waals surface area contributed by atoms with Gasteiger partial charge in [-0.2, -0.15) is 0 Å². The van der Waals surface area contributed by atoms with Crippen molar-refractivity contribution in [2.75, 3.05) is 6.61 Å². The van der Waals surface area contributed by atoms with E-state index in [1.165, 1.54) is 31.4 Å². The largest absolute Gasteiger partial charge is 0.452 e. The molecule has 6 nitrogen and oxygen atoms in total. The van der Waals surface area contributed by atoms with Gasteiger partial charge in [0.2, 0.25) is 0 Å². The molecule has 0 aromatic heterocycles. The van der Waals surface area contributed by atoms with E-state index in [1.807, 2.05) is 0 Å². The number of rotatable bonds is 4. The molecule has 7 heteroatoms. The number of ether oxygens (including phenoxy) is 1. The molecule has 0 spiro atoms. The molecule has 28 heavy (non-hydrogen) atoms. The highest BCUT2D eigenvalue weighted by molar-refractivity contribution is 5.97. The van der Waals surface area contributed by atoms with Gasteiger partial charge in [0.1, 0.15) is 5.82 Å². The normalized spacial score (nSPS) is 30.0. The number of carbonyl (C=O) groups is 3. The highest BCUT2D eigenvalue weighted by Crippen LogP contribution is 2.55. The van der Waals surface area contributed by atoms with Gasteiger partial charge in [-0.3, -0.25) is 10.1 Å². The fourth-order valence-corrected chi connectivity index (χ4v) is 5.63. The summed E-state index contributed by atoms with van der Waals surface area (Å²) in [7, 11) is 0. The highest BCUT2D eigenvalue weighted by Gasteiger charge is 2.51. The lowest BCUT2D eigenvalue weighted by atomic mass is 9.53. The van der Waals surface area contributed by atoms with Crippen molar-refractivity contribution in [1.82, 2.24) is 10.6 Å². The third-order valence-corrected chi connectivity index (χ3v) is 6.41. The molecular weight excluding hydrogens is 363 g/mol. The lowest BCUT2D eigenvalue weighted by Gasteiger charge is -2.56. The van der Waals surface area contributed by atoms with E-state index < -0.39 is 30.3 Å². The topological polar surface area (TPSA) is 84.5 Å². The first-order chi connectivity index (χ1) is 13.3. The maximum absolute atomic E-state index is 13.5. The molecule has 3 amide bonds. The number of halogens is 1. The predicted molar refractivity (Wildman–Crippen MR) is 99.0 cm³/mol.